The smallest absolute Gasteiger partial charge is 0.269 e. The number of halogens is 1. The topological polar surface area (TPSA) is 75.8 Å². The van der Waals surface area contributed by atoms with Gasteiger partial charge in [0, 0.05) is 84.4 Å². The molecule has 1 saturated heterocycles. The van der Waals surface area contributed by atoms with Crippen molar-refractivity contribution in [3.05, 3.63) is 53.6 Å². The van der Waals surface area contributed by atoms with Crippen LogP contribution in [0.4, 0.5) is 10.2 Å². The number of rotatable bonds is 4. The number of hydrogen-bond acceptors (Lipinski definition) is 5. The van der Waals surface area contributed by atoms with Crippen LogP contribution in [0.25, 0.3) is 27.6 Å². The van der Waals surface area contributed by atoms with E-state index in [4.69, 9.17) is 4.98 Å². The molecule has 1 N–H and O–H groups in total. The van der Waals surface area contributed by atoms with Crippen molar-refractivity contribution in [1.29, 1.82) is 0 Å². The second-order valence-electron chi connectivity index (χ2n) is 10.1. The molecule has 0 aliphatic carbocycles. The van der Waals surface area contributed by atoms with Crippen LogP contribution in [0.3, 0.4) is 0 Å². The second kappa shape index (κ2) is 9.97. The normalized spacial score (nSPS) is 16.7. The molecular weight excluding hydrogens is 471 g/mol. The highest BCUT2D eigenvalue weighted by atomic mass is 19.1. The number of H-pyrrole nitrogens is 1. The third kappa shape index (κ3) is 4.83. The van der Waals surface area contributed by atoms with Crippen LogP contribution >= 0.6 is 0 Å². The molecule has 0 bridgehead atoms. The summed E-state index contributed by atoms with van der Waals surface area (Å²) in [7, 11) is 5.45. The Morgan fingerprint density at radius 1 is 1.08 bits per heavy atom. The quantitative estimate of drug-likeness (QED) is 0.584. The predicted molar refractivity (Wildman–Crippen MR) is 146 cm³/mol. The number of anilines is 1. The summed E-state index contributed by atoms with van der Waals surface area (Å²) in [6.07, 6.45) is 4.48. The molecule has 0 spiro atoms. The fraction of sp³-hybridized carbons (Fsp3) is 0.393. The summed E-state index contributed by atoms with van der Waals surface area (Å²) >= 11 is 0. The third-order valence-electron chi connectivity index (χ3n) is 7.32. The van der Waals surface area contributed by atoms with Crippen molar-refractivity contribution in [2.75, 3.05) is 65.3 Å². The molecule has 0 radical (unpaired) electrons. The molecule has 0 unspecified atom stereocenters. The lowest BCUT2D eigenvalue weighted by Crippen LogP contribution is -2.44. The molecule has 2 aliphatic rings. The van der Waals surface area contributed by atoms with E-state index in [1.807, 2.05) is 30.5 Å². The Hall–Kier alpha value is -3.72. The van der Waals surface area contributed by atoms with Crippen molar-refractivity contribution in [1.82, 2.24) is 24.7 Å². The maximum absolute atomic E-state index is 16.0. The Kier molecular flexibility index (Phi) is 6.72. The molecule has 3 aromatic rings. The van der Waals surface area contributed by atoms with Gasteiger partial charge in [-0.05, 0) is 48.9 Å². The van der Waals surface area contributed by atoms with Crippen LogP contribution in [-0.2, 0) is 4.79 Å². The second-order valence-corrected chi connectivity index (χ2v) is 10.1. The Morgan fingerprint density at radius 3 is 2.49 bits per heavy atom. The molecule has 196 valence electrons. The molecule has 1 aromatic carbocycles. The molecule has 2 aromatic heterocycles. The van der Waals surface area contributed by atoms with E-state index in [1.54, 1.807) is 25.1 Å². The number of aromatic nitrogens is 2. The Bertz CT molecular complexity index is 1380. The SMILES string of the molecule is CC(=O)N1CCC=C(c2cc(-c3ccc(N4CCN(C)CC4)nc3)c3cc(C(=O)N(C)C)[nH]c3c2F)C1.[HH]. The Balaban J connectivity index is 0.00000336. The lowest BCUT2D eigenvalue weighted by atomic mass is 9.94. The zero-order valence-electron chi connectivity index (χ0n) is 21.8. The van der Waals surface area contributed by atoms with Crippen molar-refractivity contribution in [3.63, 3.8) is 0 Å². The number of likely N-dealkylation sites (N-methyl/N-ethyl adjacent to an activating group) is 1. The molecule has 8 nitrogen and oxygen atoms in total. The molecule has 2 amide bonds. The molecule has 2 aliphatic heterocycles. The highest BCUT2D eigenvalue weighted by molar-refractivity contribution is 6.04. The van der Waals surface area contributed by atoms with Gasteiger partial charge in [-0.1, -0.05) is 6.08 Å². The highest BCUT2D eigenvalue weighted by Gasteiger charge is 2.24. The Morgan fingerprint density at radius 2 is 1.84 bits per heavy atom. The van der Waals surface area contributed by atoms with Crippen molar-refractivity contribution in [3.8, 4) is 11.1 Å². The van der Waals surface area contributed by atoms with Gasteiger partial charge < -0.3 is 24.6 Å². The minimum Gasteiger partial charge on any atom is -0.354 e. The van der Waals surface area contributed by atoms with Gasteiger partial charge in [0.2, 0.25) is 5.91 Å². The third-order valence-corrected chi connectivity index (χ3v) is 7.32. The Labute approximate surface area is 217 Å². The van der Waals surface area contributed by atoms with Crippen LogP contribution in [0.15, 0.2) is 36.5 Å². The van der Waals surface area contributed by atoms with Crippen molar-refractivity contribution in [2.24, 2.45) is 0 Å². The summed E-state index contributed by atoms with van der Waals surface area (Å²) in [6, 6.07) is 7.56. The number of piperazine rings is 1. The summed E-state index contributed by atoms with van der Waals surface area (Å²) in [4.78, 5) is 40.3. The van der Waals surface area contributed by atoms with Crippen LogP contribution < -0.4 is 4.90 Å². The fourth-order valence-electron chi connectivity index (χ4n) is 5.06. The molecule has 9 heteroatoms. The number of fused-ring (bicyclic) bond motifs is 1. The van der Waals surface area contributed by atoms with Gasteiger partial charge >= 0.3 is 0 Å². The maximum Gasteiger partial charge on any atom is 0.269 e. The lowest BCUT2D eigenvalue weighted by molar-refractivity contribution is -0.128. The average molecular weight is 507 g/mol. The summed E-state index contributed by atoms with van der Waals surface area (Å²) in [5, 5.41) is 0.625. The van der Waals surface area contributed by atoms with Crippen LogP contribution in [0.2, 0.25) is 0 Å². The minimum atomic E-state index is -0.421. The number of hydrogen-bond donors (Lipinski definition) is 1. The van der Waals surface area contributed by atoms with Crippen molar-refractivity contribution in [2.45, 2.75) is 13.3 Å². The molecule has 5 rings (SSSR count). The minimum absolute atomic E-state index is 0. The predicted octanol–water partition coefficient (Wildman–Crippen LogP) is 3.70. The largest absolute Gasteiger partial charge is 0.354 e. The van der Waals surface area contributed by atoms with Crippen LogP contribution in [0.1, 0.15) is 30.8 Å². The van der Waals surface area contributed by atoms with E-state index < -0.39 is 5.82 Å². The first-order valence-electron chi connectivity index (χ1n) is 12.6. The number of carbonyl (C=O) groups is 2. The van der Waals surface area contributed by atoms with Gasteiger partial charge in [0.15, 0.2) is 5.82 Å². The van der Waals surface area contributed by atoms with E-state index >= 15 is 4.39 Å². The monoisotopic (exact) mass is 506 g/mol. The molecular formula is C28H35FN6O2. The molecule has 0 saturated carbocycles. The van der Waals surface area contributed by atoms with E-state index in [2.05, 4.69) is 21.8 Å². The first kappa shape index (κ1) is 25.0. The number of nitrogens with one attached hydrogen (secondary N) is 1. The maximum atomic E-state index is 16.0. The number of aromatic amines is 1. The fourth-order valence-corrected chi connectivity index (χ4v) is 5.06. The number of carbonyl (C=O) groups excluding carboxylic acids is 2. The summed E-state index contributed by atoms with van der Waals surface area (Å²) in [5.41, 5.74) is 3.43. The van der Waals surface area contributed by atoms with Crippen molar-refractivity contribution >= 4 is 34.1 Å². The number of benzene rings is 1. The zero-order valence-corrected chi connectivity index (χ0v) is 21.8. The highest BCUT2D eigenvalue weighted by Crippen LogP contribution is 2.37. The van der Waals surface area contributed by atoms with Crippen LogP contribution in [-0.4, -0.2) is 96.9 Å². The van der Waals surface area contributed by atoms with E-state index in [9.17, 15) is 9.59 Å². The van der Waals surface area contributed by atoms with Crippen LogP contribution in [0, 0.1) is 5.82 Å². The van der Waals surface area contributed by atoms with E-state index in [-0.39, 0.29) is 18.8 Å². The number of nitrogens with zero attached hydrogens (tertiary/aromatic N) is 5. The van der Waals surface area contributed by atoms with E-state index in [0.29, 0.717) is 36.2 Å². The first-order chi connectivity index (χ1) is 17.7. The van der Waals surface area contributed by atoms with E-state index in [0.717, 1.165) is 48.7 Å². The molecule has 37 heavy (non-hydrogen) atoms. The molecule has 0 atom stereocenters. The molecule has 1 fully saturated rings. The van der Waals surface area contributed by atoms with Gasteiger partial charge in [-0.2, -0.15) is 0 Å². The van der Waals surface area contributed by atoms with Crippen LogP contribution in [0.5, 0.6) is 0 Å². The van der Waals surface area contributed by atoms with Gasteiger partial charge in [0.05, 0.1) is 5.52 Å². The summed E-state index contributed by atoms with van der Waals surface area (Å²) < 4.78 is 16.0. The van der Waals surface area contributed by atoms with Crippen molar-refractivity contribution < 1.29 is 15.4 Å². The summed E-state index contributed by atoms with van der Waals surface area (Å²) in [6.45, 7) is 6.32. The molecule has 4 heterocycles. The van der Waals surface area contributed by atoms with E-state index in [1.165, 1.54) is 11.8 Å². The average Bonchev–Trinajstić information content (AvgIpc) is 3.35. The number of pyridine rings is 1. The number of amides is 2. The van der Waals surface area contributed by atoms with Gasteiger partial charge in [0.25, 0.3) is 5.91 Å². The van der Waals surface area contributed by atoms with Gasteiger partial charge in [-0.3, -0.25) is 9.59 Å². The first-order valence-corrected chi connectivity index (χ1v) is 12.6. The standard InChI is InChI=1S/C28H33FN6O2.H2/c1-18(36)35-9-5-6-20(17-35)22-14-21(23-15-24(28(37)32(2)3)31-27(23)26(22)29)19-7-8-25(30-16-19)34-12-10-33(4)11-13-34;/h6-8,14-16,31H,5,9-13,17H2,1-4H3;1H. The zero-order chi connectivity index (χ0) is 26.3. The lowest BCUT2D eigenvalue weighted by Gasteiger charge is -2.33. The van der Waals surface area contributed by atoms with Gasteiger partial charge in [-0.25, -0.2) is 9.37 Å². The summed E-state index contributed by atoms with van der Waals surface area (Å²) in [5.74, 6) is 0.233. The van der Waals surface area contributed by atoms with Gasteiger partial charge in [0.1, 0.15) is 11.5 Å². The van der Waals surface area contributed by atoms with Gasteiger partial charge in [-0.15, -0.1) is 0 Å².